The second-order valence-corrected chi connectivity index (χ2v) is 5.64. The minimum absolute atomic E-state index is 0.583. The lowest BCUT2D eigenvalue weighted by Gasteiger charge is -2.13. The Labute approximate surface area is 150 Å². The van der Waals surface area contributed by atoms with Gasteiger partial charge in [-0.2, -0.15) is 0 Å². The number of ether oxygens (including phenoxy) is 2. The molecule has 0 radical (unpaired) electrons. The van der Waals surface area contributed by atoms with Crippen molar-refractivity contribution in [1.82, 2.24) is 10.6 Å². The van der Waals surface area contributed by atoms with E-state index in [2.05, 4.69) is 33.8 Å². The van der Waals surface area contributed by atoms with Gasteiger partial charge in [-0.05, 0) is 42.7 Å². The summed E-state index contributed by atoms with van der Waals surface area (Å²) in [5.74, 6) is 2.58. The minimum Gasteiger partial charge on any atom is -0.496 e. The number of benzene rings is 2. The fourth-order valence-corrected chi connectivity index (χ4v) is 2.42. The molecular weight excluding hydrogens is 314 g/mol. The summed E-state index contributed by atoms with van der Waals surface area (Å²) in [4.78, 5) is 4.23. The Hall–Kier alpha value is -2.69. The van der Waals surface area contributed by atoms with Crippen molar-refractivity contribution in [2.45, 2.75) is 13.3 Å². The third-order valence-corrected chi connectivity index (χ3v) is 3.81. The van der Waals surface area contributed by atoms with Crippen molar-refractivity contribution in [3.63, 3.8) is 0 Å². The van der Waals surface area contributed by atoms with Gasteiger partial charge in [-0.1, -0.05) is 30.3 Å². The van der Waals surface area contributed by atoms with Crippen LogP contribution >= 0.6 is 0 Å². The summed E-state index contributed by atoms with van der Waals surface area (Å²) in [6, 6.07) is 16.1. The Kier molecular flexibility index (Phi) is 7.63. The average Bonchev–Trinajstić information content (AvgIpc) is 2.65. The fraction of sp³-hybridized carbons (Fsp3) is 0.350. The molecule has 0 unspecified atom stereocenters. The number of para-hydroxylation sites is 1. The Balaban J connectivity index is 1.68. The van der Waals surface area contributed by atoms with Gasteiger partial charge in [0.1, 0.15) is 18.1 Å². The summed E-state index contributed by atoms with van der Waals surface area (Å²) in [5.41, 5.74) is 2.38. The molecule has 2 N–H and O–H groups in total. The molecule has 25 heavy (non-hydrogen) atoms. The zero-order chi connectivity index (χ0) is 17.9. The zero-order valence-electron chi connectivity index (χ0n) is 15.2. The second kappa shape index (κ2) is 10.2. The lowest BCUT2D eigenvalue weighted by molar-refractivity contribution is 0.322. The number of aliphatic imine (C=N–C) groups is 1. The van der Waals surface area contributed by atoms with E-state index in [1.165, 1.54) is 5.56 Å². The van der Waals surface area contributed by atoms with Crippen LogP contribution in [0.3, 0.4) is 0 Å². The highest BCUT2D eigenvalue weighted by atomic mass is 16.5. The summed E-state index contributed by atoms with van der Waals surface area (Å²) < 4.78 is 11.0. The number of nitrogens with one attached hydrogen (secondary N) is 2. The minimum atomic E-state index is 0.583. The molecular formula is C20H27N3O2. The number of aryl methyl sites for hydroxylation is 1. The number of rotatable bonds is 8. The van der Waals surface area contributed by atoms with Gasteiger partial charge >= 0.3 is 0 Å². The summed E-state index contributed by atoms with van der Waals surface area (Å²) in [6.45, 7) is 4.11. The standard InChI is InChI=1S/C20H27N3O2/c1-16-9-10-17(15-19(16)24-3)11-12-22-20(21-2)23-13-14-25-18-7-5-4-6-8-18/h4-10,15H,11-14H2,1-3H3,(H2,21,22,23). The largest absolute Gasteiger partial charge is 0.496 e. The molecule has 0 spiro atoms. The van der Waals surface area contributed by atoms with Crippen LogP contribution < -0.4 is 20.1 Å². The van der Waals surface area contributed by atoms with Gasteiger partial charge in [0.15, 0.2) is 5.96 Å². The topological polar surface area (TPSA) is 54.9 Å². The third kappa shape index (κ3) is 6.37. The normalized spacial score (nSPS) is 11.1. The van der Waals surface area contributed by atoms with E-state index < -0.39 is 0 Å². The van der Waals surface area contributed by atoms with Crippen LogP contribution in [-0.2, 0) is 6.42 Å². The van der Waals surface area contributed by atoms with Gasteiger partial charge < -0.3 is 20.1 Å². The summed E-state index contributed by atoms with van der Waals surface area (Å²) in [7, 11) is 3.47. The highest BCUT2D eigenvalue weighted by molar-refractivity contribution is 5.79. The zero-order valence-corrected chi connectivity index (χ0v) is 15.2. The molecule has 5 nitrogen and oxygen atoms in total. The van der Waals surface area contributed by atoms with Crippen LogP contribution in [0.15, 0.2) is 53.5 Å². The first-order valence-corrected chi connectivity index (χ1v) is 8.49. The van der Waals surface area contributed by atoms with Crippen molar-refractivity contribution in [3.8, 4) is 11.5 Å². The predicted octanol–water partition coefficient (Wildman–Crippen LogP) is 2.79. The van der Waals surface area contributed by atoms with Crippen molar-refractivity contribution in [2.24, 2.45) is 4.99 Å². The van der Waals surface area contributed by atoms with E-state index in [1.54, 1.807) is 14.2 Å². The predicted molar refractivity (Wildman–Crippen MR) is 103 cm³/mol. The first-order valence-electron chi connectivity index (χ1n) is 8.49. The highest BCUT2D eigenvalue weighted by Gasteiger charge is 2.02. The molecule has 5 heteroatoms. The lowest BCUT2D eigenvalue weighted by Crippen LogP contribution is -2.40. The fourth-order valence-electron chi connectivity index (χ4n) is 2.42. The molecule has 0 bridgehead atoms. The van der Waals surface area contributed by atoms with E-state index in [4.69, 9.17) is 9.47 Å². The summed E-state index contributed by atoms with van der Waals surface area (Å²) >= 11 is 0. The van der Waals surface area contributed by atoms with Crippen molar-refractivity contribution in [1.29, 1.82) is 0 Å². The van der Waals surface area contributed by atoms with E-state index in [0.717, 1.165) is 36.0 Å². The van der Waals surface area contributed by atoms with Crippen LogP contribution in [0.5, 0.6) is 11.5 Å². The van der Waals surface area contributed by atoms with Crippen LogP contribution in [0.25, 0.3) is 0 Å². The number of hydrogen-bond acceptors (Lipinski definition) is 3. The van der Waals surface area contributed by atoms with Crippen molar-refractivity contribution in [2.75, 3.05) is 33.9 Å². The molecule has 0 aromatic heterocycles. The second-order valence-electron chi connectivity index (χ2n) is 5.64. The van der Waals surface area contributed by atoms with Crippen molar-refractivity contribution < 1.29 is 9.47 Å². The first-order chi connectivity index (χ1) is 12.2. The van der Waals surface area contributed by atoms with E-state index in [1.807, 2.05) is 37.3 Å². The molecule has 2 aromatic carbocycles. The van der Waals surface area contributed by atoms with E-state index in [9.17, 15) is 0 Å². The lowest BCUT2D eigenvalue weighted by atomic mass is 10.1. The monoisotopic (exact) mass is 341 g/mol. The quantitative estimate of drug-likeness (QED) is 0.440. The maximum Gasteiger partial charge on any atom is 0.191 e. The molecule has 0 aliphatic heterocycles. The van der Waals surface area contributed by atoms with Crippen LogP contribution in [0.1, 0.15) is 11.1 Å². The molecule has 0 saturated carbocycles. The summed E-state index contributed by atoms with van der Waals surface area (Å²) in [6.07, 6.45) is 0.901. The molecule has 0 amide bonds. The molecule has 0 fully saturated rings. The summed E-state index contributed by atoms with van der Waals surface area (Å²) in [5, 5.41) is 6.56. The van der Waals surface area contributed by atoms with Gasteiger partial charge in [0.2, 0.25) is 0 Å². The molecule has 2 aromatic rings. The maximum atomic E-state index is 5.65. The third-order valence-electron chi connectivity index (χ3n) is 3.81. The van der Waals surface area contributed by atoms with Crippen LogP contribution in [0, 0.1) is 6.92 Å². The van der Waals surface area contributed by atoms with E-state index in [-0.39, 0.29) is 0 Å². The van der Waals surface area contributed by atoms with Gasteiger partial charge in [-0.15, -0.1) is 0 Å². The first kappa shape index (κ1) is 18.6. The number of guanidine groups is 1. The van der Waals surface area contributed by atoms with Gasteiger partial charge in [-0.3, -0.25) is 4.99 Å². The van der Waals surface area contributed by atoms with E-state index >= 15 is 0 Å². The molecule has 0 aliphatic carbocycles. The Morgan fingerprint density at radius 3 is 2.52 bits per heavy atom. The number of hydrogen-bond donors (Lipinski definition) is 2. The van der Waals surface area contributed by atoms with E-state index in [0.29, 0.717) is 13.2 Å². The maximum absolute atomic E-state index is 5.65. The van der Waals surface area contributed by atoms with Crippen molar-refractivity contribution >= 4 is 5.96 Å². The molecule has 0 saturated heterocycles. The van der Waals surface area contributed by atoms with Crippen LogP contribution in [-0.4, -0.2) is 39.8 Å². The molecule has 0 atom stereocenters. The van der Waals surface area contributed by atoms with Gasteiger partial charge in [0.25, 0.3) is 0 Å². The SMILES string of the molecule is CN=C(NCCOc1ccccc1)NCCc1ccc(C)c(OC)c1. The number of nitrogens with zero attached hydrogens (tertiary/aromatic N) is 1. The Morgan fingerprint density at radius 1 is 1.04 bits per heavy atom. The Morgan fingerprint density at radius 2 is 1.80 bits per heavy atom. The van der Waals surface area contributed by atoms with Gasteiger partial charge in [0, 0.05) is 13.6 Å². The smallest absolute Gasteiger partial charge is 0.191 e. The molecule has 2 rings (SSSR count). The van der Waals surface area contributed by atoms with Gasteiger partial charge in [-0.25, -0.2) is 0 Å². The highest BCUT2D eigenvalue weighted by Crippen LogP contribution is 2.18. The Bertz CT molecular complexity index is 672. The van der Waals surface area contributed by atoms with Crippen molar-refractivity contribution in [3.05, 3.63) is 59.7 Å². The van der Waals surface area contributed by atoms with Crippen LogP contribution in [0.4, 0.5) is 0 Å². The molecule has 134 valence electrons. The molecule has 0 heterocycles. The molecule has 0 aliphatic rings. The average molecular weight is 341 g/mol. The van der Waals surface area contributed by atoms with Gasteiger partial charge in [0.05, 0.1) is 13.7 Å². The number of methoxy groups -OCH3 is 1. The van der Waals surface area contributed by atoms with Crippen LogP contribution in [0.2, 0.25) is 0 Å².